The SMILES string of the molecule is Cc1cccc(OCCC(=O)NCC(=O)NC(C)(C)C)c1C. The van der Waals surface area contributed by atoms with Gasteiger partial charge in [0.2, 0.25) is 11.8 Å². The van der Waals surface area contributed by atoms with E-state index in [1.807, 2.05) is 52.8 Å². The summed E-state index contributed by atoms with van der Waals surface area (Å²) >= 11 is 0. The van der Waals surface area contributed by atoms with E-state index in [-0.39, 0.29) is 36.9 Å². The number of nitrogens with one attached hydrogen (secondary N) is 2. The average molecular weight is 306 g/mol. The Labute approximate surface area is 132 Å². The van der Waals surface area contributed by atoms with Crippen LogP contribution >= 0.6 is 0 Å². The number of benzene rings is 1. The van der Waals surface area contributed by atoms with E-state index >= 15 is 0 Å². The molecule has 0 saturated heterocycles. The highest BCUT2D eigenvalue weighted by Crippen LogP contribution is 2.20. The molecule has 0 aliphatic carbocycles. The number of hydrogen-bond donors (Lipinski definition) is 2. The Kier molecular flexibility index (Phi) is 6.40. The molecular formula is C17H26N2O3. The van der Waals surface area contributed by atoms with Crippen molar-refractivity contribution >= 4 is 11.8 Å². The maximum atomic E-state index is 11.7. The third-order valence-electron chi connectivity index (χ3n) is 3.10. The van der Waals surface area contributed by atoms with Gasteiger partial charge >= 0.3 is 0 Å². The molecule has 0 aliphatic rings. The predicted molar refractivity (Wildman–Crippen MR) is 86.9 cm³/mol. The maximum absolute atomic E-state index is 11.7. The Morgan fingerprint density at radius 1 is 1.14 bits per heavy atom. The minimum absolute atomic E-state index is 0.0143. The van der Waals surface area contributed by atoms with Crippen molar-refractivity contribution in [3.63, 3.8) is 0 Å². The zero-order valence-corrected chi connectivity index (χ0v) is 14.1. The number of rotatable bonds is 6. The third-order valence-corrected chi connectivity index (χ3v) is 3.10. The predicted octanol–water partition coefficient (Wildman–Crippen LogP) is 2.10. The van der Waals surface area contributed by atoms with Gasteiger partial charge in [-0.3, -0.25) is 9.59 Å². The van der Waals surface area contributed by atoms with Crippen molar-refractivity contribution in [3.8, 4) is 5.75 Å². The normalized spacial score (nSPS) is 11.0. The summed E-state index contributed by atoms with van der Waals surface area (Å²) in [6.07, 6.45) is 0.218. The molecule has 5 nitrogen and oxygen atoms in total. The largest absolute Gasteiger partial charge is 0.493 e. The van der Waals surface area contributed by atoms with E-state index < -0.39 is 0 Å². The average Bonchev–Trinajstić information content (AvgIpc) is 2.39. The number of carbonyl (C=O) groups excluding carboxylic acids is 2. The molecule has 0 aliphatic heterocycles. The van der Waals surface area contributed by atoms with Crippen LogP contribution in [0.15, 0.2) is 18.2 Å². The second-order valence-corrected chi connectivity index (χ2v) is 6.37. The van der Waals surface area contributed by atoms with Crippen LogP contribution in [0.1, 0.15) is 38.3 Å². The number of ether oxygens (including phenoxy) is 1. The molecule has 1 rings (SSSR count). The highest BCUT2D eigenvalue weighted by molar-refractivity contribution is 5.85. The minimum Gasteiger partial charge on any atom is -0.493 e. The van der Waals surface area contributed by atoms with Crippen LogP contribution < -0.4 is 15.4 Å². The van der Waals surface area contributed by atoms with Crippen LogP contribution in [0.3, 0.4) is 0 Å². The van der Waals surface area contributed by atoms with Gasteiger partial charge in [-0.25, -0.2) is 0 Å². The molecule has 0 spiro atoms. The molecule has 0 saturated carbocycles. The molecule has 122 valence electrons. The van der Waals surface area contributed by atoms with E-state index in [4.69, 9.17) is 4.74 Å². The Morgan fingerprint density at radius 2 is 1.82 bits per heavy atom. The zero-order valence-electron chi connectivity index (χ0n) is 14.1. The van der Waals surface area contributed by atoms with Crippen LogP contribution in [0.2, 0.25) is 0 Å². The molecule has 5 heteroatoms. The highest BCUT2D eigenvalue weighted by Gasteiger charge is 2.14. The molecule has 22 heavy (non-hydrogen) atoms. The van der Waals surface area contributed by atoms with E-state index in [1.165, 1.54) is 0 Å². The summed E-state index contributed by atoms with van der Waals surface area (Å²) in [5, 5.41) is 5.37. The molecule has 0 atom stereocenters. The van der Waals surface area contributed by atoms with Crippen molar-refractivity contribution in [2.24, 2.45) is 0 Å². The summed E-state index contributed by atoms with van der Waals surface area (Å²) in [6, 6.07) is 5.83. The molecule has 0 fully saturated rings. The van der Waals surface area contributed by atoms with Crippen molar-refractivity contribution in [2.75, 3.05) is 13.2 Å². The maximum Gasteiger partial charge on any atom is 0.239 e. The van der Waals surface area contributed by atoms with Gasteiger partial charge in [0.1, 0.15) is 5.75 Å². The Hall–Kier alpha value is -2.04. The van der Waals surface area contributed by atoms with Gasteiger partial charge in [-0.2, -0.15) is 0 Å². The first-order valence-corrected chi connectivity index (χ1v) is 7.46. The number of aryl methyl sites for hydroxylation is 1. The Bertz CT molecular complexity index is 533. The van der Waals surface area contributed by atoms with E-state index in [0.717, 1.165) is 16.9 Å². The molecule has 2 amide bonds. The van der Waals surface area contributed by atoms with Gasteiger partial charge in [0.25, 0.3) is 0 Å². The lowest BCUT2D eigenvalue weighted by molar-refractivity contribution is -0.127. The first-order valence-electron chi connectivity index (χ1n) is 7.46. The van der Waals surface area contributed by atoms with Crippen molar-refractivity contribution in [3.05, 3.63) is 29.3 Å². The van der Waals surface area contributed by atoms with Crippen molar-refractivity contribution in [1.29, 1.82) is 0 Å². The molecule has 1 aromatic carbocycles. The highest BCUT2D eigenvalue weighted by atomic mass is 16.5. The lowest BCUT2D eigenvalue weighted by atomic mass is 10.1. The molecule has 0 unspecified atom stereocenters. The molecule has 1 aromatic rings. The molecular weight excluding hydrogens is 280 g/mol. The minimum atomic E-state index is -0.298. The molecule has 0 radical (unpaired) electrons. The quantitative estimate of drug-likeness (QED) is 0.846. The van der Waals surface area contributed by atoms with E-state index in [1.54, 1.807) is 0 Å². The fourth-order valence-electron chi connectivity index (χ4n) is 1.86. The van der Waals surface area contributed by atoms with Crippen LogP contribution in [-0.4, -0.2) is 30.5 Å². The monoisotopic (exact) mass is 306 g/mol. The van der Waals surface area contributed by atoms with Gasteiger partial charge in [-0.15, -0.1) is 0 Å². The van der Waals surface area contributed by atoms with Gasteiger partial charge in [0.15, 0.2) is 0 Å². The summed E-state index contributed by atoms with van der Waals surface area (Å²) in [4.78, 5) is 23.3. The van der Waals surface area contributed by atoms with Crippen LogP contribution in [0.4, 0.5) is 0 Å². The number of carbonyl (C=O) groups is 2. The van der Waals surface area contributed by atoms with Crippen LogP contribution in [0, 0.1) is 13.8 Å². The first kappa shape index (κ1) is 18.0. The fourth-order valence-corrected chi connectivity index (χ4v) is 1.86. The molecule has 0 bridgehead atoms. The molecule has 2 N–H and O–H groups in total. The third kappa shape index (κ3) is 6.61. The number of amides is 2. The smallest absolute Gasteiger partial charge is 0.239 e. The van der Waals surface area contributed by atoms with Gasteiger partial charge in [0, 0.05) is 5.54 Å². The van der Waals surface area contributed by atoms with Crippen LogP contribution in [0.25, 0.3) is 0 Å². The van der Waals surface area contributed by atoms with Crippen molar-refractivity contribution < 1.29 is 14.3 Å². The van der Waals surface area contributed by atoms with E-state index in [0.29, 0.717) is 0 Å². The van der Waals surface area contributed by atoms with E-state index in [2.05, 4.69) is 10.6 Å². The van der Waals surface area contributed by atoms with Crippen molar-refractivity contribution in [2.45, 2.75) is 46.6 Å². The standard InChI is InChI=1S/C17H26N2O3/c1-12-7-6-8-14(13(12)2)22-10-9-15(20)18-11-16(21)19-17(3,4)5/h6-8H,9-11H2,1-5H3,(H,18,20)(H,19,21). The number of hydrogen-bond acceptors (Lipinski definition) is 3. The van der Waals surface area contributed by atoms with Crippen LogP contribution in [-0.2, 0) is 9.59 Å². The molecule has 0 heterocycles. The molecule has 0 aromatic heterocycles. The van der Waals surface area contributed by atoms with Gasteiger partial charge in [0.05, 0.1) is 19.6 Å². The van der Waals surface area contributed by atoms with Gasteiger partial charge in [-0.1, -0.05) is 12.1 Å². The second kappa shape index (κ2) is 7.82. The van der Waals surface area contributed by atoms with Gasteiger partial charge < -0.3 is 15.4 Å². The summed E-state index contributed by atoms with van der Waals surface area (Å²) < 4.78 is 5.61. The first-order chi connectivity index (χ1) is 10.2. The zero-order chi connectivity index (χ0) is 16.8. The Balaban J connectivity index is 2.29. The van der Waals surface area contributed by atoms with Crippen LogP contribution in [0.5, 0.6) is 5.75 Å². The fraction of sp³-hybridized carbons (Fsp3) is 0.529. The van der Waals surface area contributed by atoms with Gasteiger partial charge in [-0.05, 0) is 51.8 Å². The van der Waals surface area contributed by atoms with Crippen molar-refractivity contribution in [1.82, 2.24) is 10.6 Å². The summed E-state index contributed by atoms with van der Waals surface area (Å²) in [6.45, 7) is 9.96. The Morgan fingerprint density at radius 3 is 2.45 bits per heavy atom. The van der Waals surface area contributed by atoms with E-state index in [9.17, 15) is 9.59 Å². The second-order valence-electron chi connectivity index (χ2n) is 6.37. The lowest BCUT2D eigenvalue weighted by Gasteiger charge is -2.20. The lowest BCUT2D eigenvalue weighted by Crippen LogP contribution is -2.45. The topological polar surface area (TPSA) is 67.4 Å². The summed E-state index contributed by atoms with van der Waals surface area (Å²) in [5.41, 5.74) is 1.93. The summed E-state index contributed by atoms with van der Waals surface area (Å²) in [7, 11) is 0. The summed E-state index contributed by atoms with van der Waals surface area (Å²) in [5.74, 6) is 0.393.